The number of carbonyl (C=O) groups is 2. The number of hydrogen-bond acceptors (Lipinski definition) is 6. The Morgan fingerprint density at radius 3 is 2.41 bits per heavy atom. The zero-order chi connectivity index (χ0) is 26.2. The predicted molar refractivity (Wildman–Crippen MR) is 143 cm³/mol. The molecule has 0 atom stereocenters. The van der Waals surface area contributed by atoms with Crippen LogP contribution in [0.3, 0.4) is 0 Å². The molecule has 2 heterocycles. The van der Waals surface area contributed by atoms with Gasteiger partial charge in [0, 0.05) is 41.7 Å². The number of aromatic nitrogens is 1. The Hall–Kier alpha value is -3.36. The van der Waals surface area contributed by atoms with Crippen molar-refractivity contribution < 1.29 is 18.7 Å². The molecule has 0 saturated carbocycles. The van der Waals surface area contributed by atoms with E-state index in [4.69, 9.17) is 20.8 Å². The summed E-state index contributed by atoms with van der Waals surface area (Å²) in [4.78, 5) is 31.8. The average molecular weight is 525 g/mol. The van der Waals surface area contributed by atoms with E-state index in [0.717, 1.165) is 42.9 Å². The lowest BCUT2D eigenvalue weighted by Gasteiger charge is -2.30. The van der Waals surface area contributed by atoms with Gasteiger partial charge in [-0.2, -0.15) is 0 Å². The Balaban J connectivity index is 1.14. The minimum atomic E-state index is -0.135. The molecule has 0 unspecified atom stereocenters. The Kier molecular flexibility index (Phi) is 9.19. The van der Waals surface area contributed by atoms with Gasteiger partial charge in [-0.05, 0) is 87.8 Å². The first-order chi connectivity index (χ1) is 17.9. The molecule has 1 aliphatic heterocycles. The van der Waals surface area contributed by atoms with E-state index in [2.05, 4.69) is 20.5 Å². The van der Waals surface area contributed by atoms with E-state index < -0.39 is 0 Å². The SMILES string of the molecule is COc1ccc(C(=O)NCCCNC(=O)C2CCN(Cc3nc(-c4ccc(Cl)cc4)oc3C)CC2)cc1. The molecule has 3 aromatic rings. The number of hydrogen-bond donors (Lipinski definition) is 2. The van der Waals surface area contributed by atoms with E-state index in [-0.39, 0.29) is 17.7 Å². The van der Waals surface area contributed by atoms with Crippen LogP contribution < -0.4 is 15.4 Å². The number of carbonyl (C=O) groups excluding carboxylic acids is 2. The molecule has 0 bridgehead atoms. The molecule has 9 heteroatoms. The number of ether oxygens (including phenoxy) is 1. The molecule has 1 saturated heterocycles. The molecular weight excluding hydrogens is 492 g/mol. The molecule has 0 spiro atoms. The predicted octanol–water partition coefficient (Wildman–Crippen LogP) is 4.46. The number of amides is 2. The summed E-state index contributed by atoms with van der Waals surface area (Å²) in [5, 5.41) is 6.58. The van der Waals surface area contributed by atoms with Crippen molar-refractivity contribution >= 4 is 23.4 Å². The number of nitrogens with zero attached hydrogens (tertiary/aromatic N) is 2. The van der Waals surface area contributed by atoms with Crippen LogP contribution in [0.1, 0.15) is 41.1 Å². The van der Waals surface area contributed by atoms with Crippen molar-refractivity contribution in [3.63, 3.8) is 0 Å². The highest BCUT2D eigenvalue weighted by Gasteiger charge is 2.26. The van der Waals surface area contributed by atoms with Crippen LogP contribution >= 0.6 is 11.6 Å². The molecule has 0 radical (unpaired) electrons. The van der Waals surface area contributed by atoms with Crippen molar-refractivity contribution in [1.29, 1.82) is 0 Å². The second-order valence-corrected chi connectivity index (χ2v) is 9.64. The first-order valence-corrected chi connectivity index (χ1v) is 13.0. The smallest absolute Gasteiger partial charge is 0.251 e. The zero-order valence-electron chi connectivity index (χ0n) is 21.3. The summed E-state index contributed by atoms with van der Waals surface area (Å²) in [6.45, 7) is 5.33. The molecule has 2 N–H and O–H groups in total. The van der Waals surface area contributed by atoms with Gasteiger partial charge < -0.3 is 19.8 Å². The van der Waals surface area contributed by atoms with Crippen molar-refractivity contribution in [2.24, 2.45) is 5.92 Å². The third kappa shape index (κ3) is 7.33. The number of piperidine rings is 1. The molecule has 196 valence electrons. The van der Waals surface area contributed by atoms with Gasteiger partial charge in [-0.25, -0.2) is 4.98 Å². The van der Waals surface area contributed by atoms with Crippen molar-refractivity contribution in [3.05, 3.63) is 70.6 Å². The van der Waals surface area contributed by atoms with Gasteiger partial charge in [0.15, 0.2) is 0 Å². The number of rotatable bonds is 10. The Morgan fingerprint density at radius 1 is 1.05 bits per heavy atom. The third-order valence-corrected chi connectivity index (χ3v) is 6.86. The topological polar surface area (TPSA) is 96.7 Å². The first kappa shape index (κ1) is 26.7. The summed E-state index contributed by atoms with van der Waals surface area (Å²) >= 11 is 5.98. The van der Waals surface area contributed by atoms with Gasteiger partial charge in [-0.1, -0.05) is 11.6 Å². The number of oxazole rings is 1. The maximum Gasteiger partial charge on any atom is 0.251 e. The van der Waals surface area contributed by atoms with Crippen LogP contribution in [-0.2, 0) is 11.3 Å². The monoisotopic (exact) mass is 524 g/mol. The van der Waals surface area contributed by atoms with Crippen LogP contribution in [0.25, 0.3) is 11.5 Å². The summed E-state index contributed by atoms with van der Waals surface area (Å²) in [7, 11) is 1.59. The number of halogens is 1. The quantitative estimate of drug-likeness (QED) is 0.380. The van der Waals surface area contributed by atoms with Gasteiger partial charge in [0.1, 0.15) is 11.5 Å². The zero-order valence-corrected chi connectivity index (χ0v) is 22.0. The molecule has 1 aliphatic rings. The molecule has 0 aliphatic carbocycles. The molecule has 4 rings (SSSR count). The van der Waals surface area contributed by atoms with Crippen LogP contribution in [-0.4, -0.2) is 55.0 Å². The average Bonchev–Trinajstić information content (AvgIpc) is 3.28. The number of likely N-dealkylation sites (tertiary alicyclic amines) is 1. The first-order valence-electron chi connectivity index (χ1n) is 12.6. The van der Waals surface area contributed by atoms with Gasteiger partial charge in [0.25, 0.3) is 5.91 Å². The van der Waals surface area contributed by atoms with E-state index in [0.29, 0.717) is 48.3 Å². The van der Waals surface area contributed by atoms with E-state index in [1.165, 1.54) is 0 Å². The molecule has 2 aromatic carbocycles. The maximum absolute atomic E-state index is 12.6. The van der Waals surface area contributed by atoms with Crippen LogP contribution in [0.15, 0.2) is 52.9 Å². The van der Waals surface area contributed by atoms with Crippen LogP contribution in [0.5, 0.6) is 5.75 Å². The van der Waals surface area contributed by atoms with E-state index in [1.807, 2.05) is 31.2 Å². The Morgan fingerprint density at radius 2 is 1.73 bits per heavy atom. The van der Waals surface area contributed by atoms with Gasteiger partial charge >= 0.3 is 0 Å². The van der Waals surface area contributed by atoms with E-state index in [1.54, 1.807) is 31.4 Å². The number of aryl methyl sites for hydroxylation is 1. The standard InChI is InChI=1S/C28H33ClN4O4/c1-19-25(32-28(37-19)22-4-8-23(29)9-5-22)18-33-16-12-21(13-17-33)27(35)31-15-3-14-30-26(34)20-6-10-24(36-2)11-7-20/h4-11,21H,3,12-18H2,1-2H3,(H,30,34)(H,31,35). The summed E-state index contributed by atoms with van der Waals surface area (Å²) < 4.78 is 11.0. The molecule has 2 amide bonds. The largest absolute Gasteiger partial charge is 0.497 e. The molecule has 37 heavy (non-hydrogen) atoms. The highest BCUT2D eigenvalue weighted by atomic mass is 35.5. The normalized spacial score (nSPS) is 14.4. The minimum absolute atomic E-state index is 0.00757. The lowest BCUT2D eigenvalue weighted by atomic mass is 9.95. The summed E-state index contributed by atoms with van der Waals surface area (Å²) in [5.41, 5.74) is 2.40. The van der Waals surface area contributed by atoms with Crippen LogP contribution in [0, 0.1) is 12.8 Å². The molecule has 1 fully saturated rings. The van der Waals surface area contributed by atoms with Gasteiger partial charge in [-0.15, -0.1) is 0 Å². The molecular formula is C28H33ClN4O4. The molecule has 8 nitrogen and oxygen atoms in total. The highest BCUT2D eigenvalue weighted by molar-refractivity contribution is 6.30. The number of benzene rings is 2. The lowest BCUT2D eigenvalue weighted by molar-refractivity contribution is -0.126. The fraction of sp³-hybridized carbons (Fsp3) is 0.393. The van der Waals surface area contributed by atoms with Crippen molar-refractivity contribution in [1.82, 2.24) is 20.5 Å². The van der Waals surface area contributed by atoms with Crippen LogP contribution in [0.4, 0.5) is 0 Å². The fourth-order valence-corrected chi connectivity index (χ4v) is 4.47. The lowest BCUT2D eigenvalue weighted by Crippen LogP contribution is -2.41. The van der Waals surface area contributed by atoms with E-state index in [9.17, 15) is 9.59 Å². The second-order valence-electron chi connectivity index (χ2n) is 9.21. The number of nitrogens with one attached hydrogen (secondary N) is 2. The van der Waals surface area contributed by atoms with Crippen molar-refractivity contribution in [2.75, 3.05) is 33.3 Å². The van der Waals surface area contributed by atoms with Gasteiger partial charge in [0.2, 0.25) is 11.8 Å². The number of methoxy groups -OCH3 is 1. The highest BCUT2D eigenvalue weighted by Crippen LogP contribution is 2.25. The molecule has 1 aromatic heterocycles. The van der Waals surface area contributed by atoms with E-state index >= 15 is 0 Å². The second kappa shape index (κ2) is 12.7. The van der Waals surface area contributed by atoms with Crippen molar-refractivity contribution in [3.8, 4) is 17.2 Å². The van der Waals surface area contributed by atoms with Crippen molar-refractivity contribution in [2.45, 2.75) is 32.7 Å². The Bertz CT molecular complexity index is 1190. The summed E-state index contributed by atoms with van der Waals surface area (Å²) in [6, 6.07) is 14.4. The van der Waals surface area contributed by atoms with Gasteiger partial charge in [-0.3, -0.25) is 14.5 Å². The summed E-state index contributed by atoms with van der Waals surface area (Å²) in [6.07, 6.45) is 2.29. The Labute approximate surface area is 222 Å². The van der Waals surface area contributed by atoms with Gasteiger partial charge in [0.05, 0.1) is 12.8 Å². The summed E-state index contributed by atoms with van der Waals surface area (Å²) in [5.74, 6) is 2.07. The van der Waals surface area contributed by atoms with Crippen LogP contribution in [0.2, 0.25) is 5.02 Å². The maximum atomic E-state index is 12.6. The minimum Gasteiger partial charge on any atom is -0.497 e. The third-order valence-electron chi connectivity index (χ3n) is 6.61. The fourth-order valence-electron chi connectivity index (χ4n) is 4.35.